The summed E-state index contributed by atoms with van der Waals surface area (Å²) in [5.41, 5.74) is 3.39. The van der Waals surface area contributed by atoms with Crippen LogP contribution >= 0.6 is 0 Å². The van der Waals surface area contributed by atoms with E-state index in [1.165, 1.54) is 11.3 Å². The lowest BCUT2D eigenvalue weighted by Gasteiger charge is -2.11. The summed E-state index contributed by atoms with van der Waals surface area (Å²) in [6.45, 7) is 4.24. The third kappa shape index (κ3) is 2.57. The Hall–Kier alpha value is -2.17. The second-order valence-corrected chi connectivity index (χ2v) is 4.94. The third-order valence-corrected chi connectivity index (χ3v) is 3.57. The average molecular weight is 273 g/mol. The summed E-state index contributed by atoms with van der Waals surface area (Å²) in [5, 5.41) is 7.64. The number of rotatable bonds is 3. The molecule has 1 N–H and O–H groups in total. The molecule has 5 nitrogen and oxygen atoms in total. The molecule has 2 aromatic rings. The first kappa shape index (κ1) is 12.8. The van der Waals surface area contributed by atoms with Crippen LogP contribution in [0.2, 0.25) is 0 Å². The Morgan fingerprint density at radius 3 is 2.80 bits per heavy atom. The molecule has 0 atom stereocenters. The van der Waals surface area contributed by atoms with Crippen molar-refractivity contribution >= 4 is 5.69 Å². The highest BCUT2D eigenvalue weighted by Gasteiger charge is 2.11. The molecule has 0 fully saturated rings. The average Bonchev–Trinajstić information content (AvgIpc) is 2.68. The van der Waals surface area contributed by atoms with Gasteiger partial charge in [0.05, 0.1) is 19.4 Å². The van der Waals surface area contributed by atoms with Crippen LogP contribution in [-0.2, 0) is 13.6 Å². The Kier molecular flexibility index (Phi) is 3.50. The highest BCUT2D eigenvalue weighted by Crippen LogP contribution is 2.32. The lowest BCUT2D eigenvalue weighted by atomic mass is 10.2. The van der Waals surface area contributed by atoms with Gasteiger partial charge in [-0.05, 0) is 19.1 Å². The maximum absolute atomic E-state index is 5.69. The minimum absolute atomic E-state index is 0.707. The van der Waals surface area contributed by atoms with E-state index in [2.05, 4.69) is 17.3 Å². The number of ether oxygens (including phenoxy) is 2. The molecule has 106 valence electrons. The zero-order valence-corrected chi connectivity index (χ0v) is 11.8. The molecule has 20 heavy (non-hydrogen) atoms. The van der Waals surface area contributed by atoms with Gasteiger partial charge in [0.1, 0.15) is 0 Å². The van der Waals surface area contributed by atoms with Crippen molar-refractivity contribution in [3.63, 3.8) is 0 Å². The number of aryl methyl sites for hydroxylation is 1. The van der Waals surface area contributed by atoms with Crippen LogP contribution in [0, 0.1) is 6.92 Å². The van der Waals surface area contributed by atoms with Crippen molar-refractivity contribution in [2.24, 2.45) is 7.05 Å². The molecule has 5 heteroatoms. The summed E-state index contributed by atoms with van der Waals surface area (Å²) in [5.74, 6) is 1.64. The second-order valence-electron chi connectivity index (χ2n) is 4.94. The maximum atomic E-state index is 5.69. The summed E-state index contributed by atoms with van der Waals surface area (Å²) in [4.78, 5) is 0. The fraction of sp³-hybridized carbons (Fsp3) is 0.400. The van der Waals surface area contributed by atoms with Crippen molar-refractivity contribution in [2.45, 2.75) is 19.9 Å². The van der Waals surface area contributed by atoms with Gasteiger partial charge in [0.2, 0.25) is 0 Å². The monoisotopic (exact) mass is 273 g/mol. The van der Waals surface area contributed by atoms with Crippen molar-refractivity contribution < 1.29 is 9.47 Å². The van der Waals surface area contributed by atoms with E-state index in [9.17, 15) is 0 Å². The number of hydrogen-bond acceptors (Lipinski definition) is 4. The molecule has 1 aliphatic rings. The quantitative estimate of drug-likeness (QED) is 0.933. The zero-order chi connectivity index (χ0) is 13.9. The van der Waals surface area contributed by atoms with Gasteiger partial charge in [-0.1, -0.05) is 0 Å². The summed E-state index contributed by atoms with van der Waals surface area (Å²) in [7, 11) is 1.95. The summed E-state index contributed by atoms with van der Waals surface area (Å²) in [6.07, 6.45) is 2.82. The van der Waals surface area contributed by atoms with Crippen LogP contribution < -0.4 is 14.8 Å². The van der Waals surface area contributed by atoms with E-state index in [-0.39, 0.29) is 0 Å². The number of aromatic nitrogens is 2. The van der Waals surface area contributed by atoms with E-state index >= 15 is 0 Å². The van der Waals surface area contributed by atoms with Gasteiger partial charge in [0, 0.05) is 43.0 Å². The van der Waals surface area contributed by atoms with E-state index in [0.29, 0.717) is 13.2 Å². The molecule has 1 aliphatic heterocycles. The molecule has 0 saturated carbocycles. The molecule has 1 aromatic heterocycles. The van der Waals surface area contributed by atoms with Gasteiger partial charge < -0.3 is 14.8 Å². The Balaban J connectivity index is 1.72. The van der Waals surface area contributed by atoms with Gasteiger partial charge in [0.15, 0.2) is 11.5 Å². The molecular formula is C15H19N3O2. The van der Waals surface area contributed by atoms with Crippen molar-refractivity contribution in [1.29, 1.82) is 0 Å². The minimum Gasteiger partial charge on any atom is -0.490 e. The number of nitrogens with one attached hydrogen (secondary N) is 1. The zero-order valence-electron chi connectivity index (χ0n) is 11.8. The Bertz CT molecular complexity index is 607. The standard InChI is InChI=1S/C15H19N3O2/c1-11-12(10-17-18(11)2)9-16-13-4-5-14-15(8-13)20-7-3-6-19-14/h4-5,8,10,16H,3,6-7,9H2,1-2H3. The number of benzene rings is 1. The predicted octanol–water partition coefficient (Wildman–Crippen LogP) is 2.50. The molecule has 0 bridgehead atoms. The van der Waals surface area contributed by atoms with Gasteiger partial charge in [-0.3, -0.25) is 4.68 Å². The summed E-state index contributed by atoms with van der Waals surface area (Å²) in [6, 6.07) is 5.96. The van der Waals surface area contributed by atoms with Crippen molar-refractivity contribution in [2.75, 3.05) is 18.5 Å². The normalized spacial score (nSPS) is 13.9. The smallest absolute Gasteiger partial charge is 0.163 e. The topological polar surface area (TPSA) is 48.3 Å². The van der Waals surface area contributed by atoms with Crippen molar-refractivity contribution in [1.82, 2.24) is 9.78 Å². The highest BCUT2D eigenvalue weighted by atomic mass is 16.5. The predicted molar refractivity (Wildman–Crippen MR) is 77.3 cm³/mol. The SMILES string of the molecule is Cc1c(CNc2ccc3c(c2)OCCCO3)cnn1C. The van der Waals surface area contributed by atoms with Gasteiger partial charge in [-0.2, -0.15) is 5.10 Å². The van der Waals surface area contributed by atoms with Crippen LogP contribution in [-0.4, -0.2) is 23.0 Å². The van der Waals surface area contributed by atoms with E-state index in [1.807, 2.05) is 36.1 Å². The molecule has 0 unspecified atom stereocenters. The van der Waals surface area contributed by atoms with Crippen LogP contribution in [0.25, 0.3) is 0 Å². The van der Waals surface area contributed by atoms with E-state index in [4.69, 9.17) is 9.47 Å². The third-order valence-electron chi connectivity index (χ3n) is 3.57. The summed E-state index contributed by atoms with van der Waals surface area (Å²) < 4.78 is 13.2. The van der Waals surface area contributed by atoms with Gasteiger partial charge in [-0.25, -0.2) is 0 Å². The molecule has 0 aliphatic carbocycles. The lowest BCUT2D eigenvalue weighted by molar-refractivity contribution is 0.297. The number of nitrogens with zero attached hydrogens (tertiary/aromatic N) is 2. The van der Waals surface area contributed by atoms with Gasteiger partial charge in [0.25, 0.3) is 0 Å². The molecule has 0 amide bonds. The first-order chi connectivity index (χ1) is 9.74. The summed E-state index contributed by atoms with van der Waals surface area (Å²) >= 11 is 0. The Labute approximate surface area is 118 Å². The molecule has 3 rings (SSSR count). The Morgan fingerprint density at radius 1 is 1.25 bits per heavy atom. The van der Waals surface area contributed by atoms with Gasteiger partial charge >= 0.3 is 0 Å². The van der Waals surface area contributed by atoms with E-state index in [0.717, 1.165) is 30.2 Å². The number of hydrogen-bond donors (Lipinski definition) is 1. The fourth-order valence-corrected chi connectivity index (χ4v) is 2.19. The van der Waals surface area contributed by atoms with Crippen molar-refractivity contribution in [3.05, 3.63) is 35.7 Å². The highest BCUT2D eigenvalue weighted by molar-refractivity contribution is 5.55. The van der Waals surface area contributed by atoms with Crippen LogP contribution in [0.4, 0.5) is 5.69 Å². The maximum Gasteiger partial charge on any atom is 0.163 e. The second kappa shape index (κ2) is 5.45. The van der Waals surface area contributed by atoms with Crippen LogP contribution in [0.1, 0.15) is 17.7 Å². The van der Waals surface area contributed by atoms with Crippen LogP contribution in [0.5, 0.6) is 11.5 Å². The molecule has 0 radical (unpaired) electrons. The molecule has 0 saturated heterocycles. The van der Waals surface area contributed by atoms with Crippen LogP contribution in [0.3, 0.4) is 0 Å². The Morgan fingerprint density at radius 2 is 2.05 bits per heavy atom. The van der Waals surface area contributed by atoms with Crippen molar-refractivity contribution in [3.8, 4) is 11.5 Å². The first-order valence-electron chi connectivity index (χ1n) is 6.85. The van der Waals surface area contributed by atoms with E-state index < -0.39 is 0 Å². The fourth-order valence-electron chi connectivity index (χ4n) is 2.19. The molecule has 1 aromatic carbocycles. The number of fused-ring (bicyclic) bond motifs is 1. The number of anilines is 1. The van der Waals surface area contributed by atoms with Gasteiger partial charge in [-0.15, -0.1) is 0 Å². The molecule has 0 spiro atoms. The minimum atomic E-state index is 0.707. The first-order valence-corrected chi connectivity index (χ1v) is 6.85. The van der Waals surface area contributed by atoms with Crippen LogP contribution in [0.15, 0.2) is 24.4 Å². The molecule has 2 heterocycles. The largest absolute Gasteiger partial charge is 0.490 e. The van der Waals surface area contributed by atoms with E-state index in [1.54, 1.807) is 0 Å². The lowest BCUT2D eigenvalue weighted by Crippen LogP contribution is -2.02. The molecular weight excluding hydrogens is 254 g/mol.